The Balaban J connectivity index is 2.39. The quantitative estimate of drug-likeness (QED) is 0.646. The highest BCUT2D eigenvalue weighted by Crippen LogP contribution is 2.34. The highest BCUT2D eigenvalue weighted by atomic mass is 15.3. The van der Waals surface area contributed by atoms with Gasteiger partial charge in [0.15, 0.2) is 0 Å². The zero-order valence-corrected chi connectivity index (χ0v) is 8.54. The molecule has 0 aromatic heterocycles. The first-order chi connectivity index (χ1) is 6.09. The van der Waals surface area contributed by atoms with Crippen molar-refractivity contribution in [3.05, 3.63) is 29.8 Å². The second-order valence-electron chi connectivity index (χ2n) is 4.60. The van der Waals surface area contributed by atoms with Crippen LogP contribution in [0.5, 0.6) is 0 Å². The van der Waals surface area contributed by atoms with Gasteiger partial charge in [0.2, 0.25) is 0 Å². The Morgan fingerprint density at radius 2 is 1.92 bits per heavy atom. The molecule has 1 aromatic carbocycles. The van der Waals surface area contributed by atoms with Crippen LogP contribution in [0.2, 0.25) is 0 Å². The summed E-state index contributed by atoms with van der Waals surface area (Å²) >= 11 is 0. The molecule has 2 heteroatoms. The van der Waals surface area contributed by atoms with E-state index in [9.17, 15) is 0 Å². The summed E-state index contributed by atoms with van der Waals surface area (Å²) in [6.07, 6.45) is 0. The molecule has 0 spiro atoms. The first-order valence-corrected chi connectivity index (χ1v) is 4.73. The maximum absolute atomic E-state index is 3.44. The standard InChI is InChI=1S/C11H17N2/c1-13(2,3)11-8-12-10-7-5-4-6-9(10)11/h4-7,11-12H,8H2,1-3H3/q+1. The first-order valence-electron chi connectivity index (χ1n) is 4.73. The minimum atomic E-state index is 0.594. The number of benzene rings is 1. The molecule has 0 amide bonds. The molecule has 1 aliphatic heterocycles. The zero-order chi connectivity index (χ0) is 9.47. The van der Waals surface area contributed by atoms with Gasteiger partial charge in [-0.2, -0.15) is 0 Å². The average molecular weight is 177 g/mol. The lowest BCUT2D eigenvalue weighted by Crippen LogP contribution is -2.39. The highest BCUT2D eigenvalue weighted by molar-refractivity contribution is 5.56. The van der Waals surface area contributed by atoms with Gasteiger partial charge in [-0.25, -0.2) is 0 Å². The highest BCUT2D eigenvalue weighted by Gasteiger charge is 2.31. The van der Waals surface area contributed by atoms with Crippen LogP contribution < -0.4 is 5.32 Å². The van der Waals surface area contributed by atoms with Gasteiger partial charge in [-0.05, 0) is 6.07 Å². The van der Waals surface area contributed by atoms with E-state index in [0.29, 0.717) is 6.04 Å². The molecule has 0 radical (unpaired) electrons. The van der Waals surface area contributed by atoms with Gasteiger partial charge in [0.1, 0.15) is 6.04 Å². The van der Waals surface area contributed by atoms with E-state index in [-0.39, 0.29) is 0 Å². The minimum absolute atomic E-state index is 0.594. The first kappa shape index (κ1) is 8.57. The van der Waals surface area contributed by atoms with Crippen molar-refractivity contribution < 1.29 is 4.48 Å². The van der Waals surface area contributed by atoms with Crippen LogP contribution in [0, 0.1) is 0 Å². The number of hydrogen-bond donors (Lipinski definition) is 1. The van der Waals surface area contributed by atoms with Gasteiger partial charge in [0, 0.05) is 11.3 Å². The molecular weight excluding hydrogens is 160 g/mol. The molecule has 0 saturated carbocycles. The lowest BCUT2D eigenvalue weighted by molar-refractivity contribution is -0.899. The van der Waals surface area contributed by atoms with Crippen LogP contribution in [0.1, 0.15) is 11.6 Å². The second-order valence-corrected chi connectivity index (χ2v) is 4.60. The van der Waals surface area contributed by atoms with Crippen molar-refractivity contribution >= 4 is 5.69 Å². The summed E-state index contributed by atoms with van der Waals surface area (Å²) in [4.78, 5) is 0. The van der Waals surface area contributed by atoms with Crippen molar-refractivity contribution in [2.24, 2.45) is 0 Å². The number of rotatable bonds is 1. The normalized spacial score (nSPS) is 21.0. The Kier molecular flexibility index (Phi) is 1.81. The summed E-state index contributed by atoms with van der Waals surface area (Å²) in [5.74, 6) is 0. The molecule has 0 fully saturated rings. The summed E-state index contributed by atoms with van der Waals surface area (Å²) in [6, 6.07) is 9.18. The van der Waals surface area contributed by atoms with E-state index in [1.807, 2.05) is 0 Å². The largest absolute Gasteiger partial charge is 0.378 e. The molecule has 0 bridgehead atoms. The van der Waals surface area contributed by atoms with Crippen molar-refractivity contribution in [3.8, 4) is 0 Å². The van der Waals surface area contributed by atoms with Crippen LogP contribution in [0.3, 0.4) is 0 Å². The molecule has 1 N–H and O–H groups in total. The molecule has 0 saturated heterocycles. The van der Waals surface area contributed by atoms with Gasteiger partial charge in [-0.1, -0.05) is 18.2 Å². The fraction of sp³-hybridized carbons (Fsp3) is 0.455. The Labute approximate surface area is 79.8 Å². The van der Waals surface area contributed by atoms with Crippen molar-refractivity contribution in [3.63, 3.8) is 0 Å². The third-order valence-corrected chi connectivity index (χ3v) is 2.74. The molecule has 1 aliphatic rings. The van der Waals surface area contributed by atoms with Crippen LogP contribution in [0.4, 0.5) is 5.69 Å². The van der Waals surface area contributed by atoms with E-state index in [2.05, 4.69) is 50.7 Å². The third kappa shape index (κ3) is 1.42. The lowest BCUT2D eigenvalue weighted by atomic mass is 10.1. The fourth-order valence-corrected chi connectivity index (χ4v) is 1.96. The fourth-order valence-electron chi connectivity index (χ4n) is 1.96. The average Bonchev–Trinajstić information content (AvgIpc) is 2.45. The van der Waals surface area contributed by atoms with Crippen LogP contribution >= 0.6 is 0 Å². The monoisotopic (exact) mass is 177 g/mol. The zero-order valence-electron chi connectivity index (χ0n) is 8.54. The summed E-state index contributed by atoms with van der Waals surface area (Å²) in [5, 5.41) is 3.44. The Hall–Kier alpha value is -1.02. The van der Waals surface area contributed by atoms with Crippen LogP contribution in [0.25, 0.3) is 0 Å². The van der Waals surface area contributed by atoms with Gasteiger partial charge in [0.05, 0.1) is 27.7 Å². The SMILES string of the molecule is C[N+](C)(C)C1CNc2ccccc21. The molecular formula is C11H17N2+. The van der Waals surface area contributed by atoms with Gasteiger partial charge in [-0.15, -0.1) is 0 Å². The third-order valence-electron chi connectivity index (χ3n) is 2.74. The number of nitrogens with zero attached hydrogens (tertiary/aromatic N) is 1. The number of likely N-dealkylation sites (N-methyl/N-ethyl adjacent to an activating group) is 1. The van der Waals surface area contributed by atoms with Gasteiger partial charge >= 0.3 is 0 Å². The number of anilines is 1. The summed E-state index contributed by atoms with van der Waals surface area (Å²) in [5.41, 5.74) is 2.76. The molecule has 1 heterocycles. The number of hydrogen-bond acceptors (Lipinski definition) is 1. The Morgan fingerprint density at radius 3 is 2.62 bits per heavy atom. The molecule has 1 aromatic rings. The van der Waals surface area contributed by atoms with Crippen molar-refractivity contribution in [1.82, 2.24) is 0 Å². The molecule has 13 heavy (non-hydrogen) atoms. The minimum Gasteiger partial charge on any atom is -0.378 e. The maximum atomic E-state index is 3.44. The Morgan fingerprint density at radius 1 is 1.23 bits per heavy atom. The van der Waals surface area contributed by atoms with E-state index < -0.39 is 0 Å². The summed E-state index contributed by atoms with van der Waals surface area (Å²) < 4.78 is 0.990. The smallest absolute Gasteiger partial charge is 0.133 e. The van der Waals surface area contributed by atoms with Gasteiger partial charge in [0.25, 0.3) is 0 Å². The Bertz CT molecular complexity index is 312. The number of nitrogens with one attached hydrogen (secondary N) is 1. The number of quaternary nitrogens is 1. The van der Waals surface area contributed by atoms with E-state index in [0.717, 1.165) is 11.0 Å². The lowest BCUT2D eigenvalue weighted by Gasteiger charge is -2.31. The van der Waals surface area contributed by atoms with Crippen molar-refractivity contribution in [1.29, 1.82) is 0 Å². The molecule has 2 rings (SSSR count). The van der Waals surface area contributed by atoms with Crippen molar-refractivity contribution in [2.45, 2.75) is 6.04 Å². The number of para-hydroxylation sites is 1. The van der Waals surface area contributed by atoms with Gasteiger partial charge in [-0.3, -0.25) is 0 Å². The molecule has 1 atom stereocenters. The predicted molar refractivity (Wildman–Crippen MR) is 55.7 cm³/mol. The summed E-state index contributed by atoms with van der Waals surface area (Å²) in [6.45, 7) is 1.06. The topological polar surface area (TPSA) is 12.0 Å². The molecule has 2 nitrogen and oxygen atoms in total. The van der Waals surface area contributed by atoms with E-state index in [1.165, 1.54) is 11.3 Å². The van der Waals surface area contributed by atoms with Crippen molar-refractivity contribution in [2.75, 3.05) is 33.0 Å². The van der Waals surface area contributed by atoms with Gasteiger partial charge < -0.3 is 9.80 Å². The molecule has 70 valence electrons. The van der Waals surface area contributed by atoms with Crippen LogP contribution in [-0.4, -0.2) is 32.2 Å². The molecule has 0 aliphatic carbocycles. The van der Waals surface area contributed by atoms with E-state index in [4.69, 9.17) is 0 Å². The summed E-state index contributed by atoms with van der Waals surface area (Å²) in [7, 11) is 6.73. The van der Waals surface area contributed by atoms with E-state index >= 15 is 0 Å². The predicted octanol–water partition coefficient (Wildman–Crippen LogP) is 1.86. The number of fused-ring (bicyclic) bond motifs is 1. The molecule has 1 unspecified atom stereocenters. The van der Waals surface area contributed by atoms with E-state index in [1.54, 1.807) is 0 Å². The van der Waals surface area contributed by atoms with Crippen LogP contribution in [-0.2, 0) is 0 Å². The second kappa shape index (κ2) is 2.74. The van der Waals surface area contributed by atoms with Crippen LogP contribution in [0.15, 0.2) is 24.3 Å². The maximum Gasteiger partial charge on any atom is 0.133 e.